The summed E-state index contributed by atoms with van der Waals surface area (Å²) in [5.41, 5.74) is 2.36. The molecule has 0 saturated carbocycles. The molecule has 27 heavy (non-hydrogen) atoms. The van der Waals surface area contributed by atoms with E-state index in [0.717, 1.165) is 48.4 Å². The predicted octanol–water partition coefficient (Wildman–Crippen LogP) is 3.54. The number of methoxy groups -OCH3 is 1. The van der Waals surface area contributed by atoms with E-state index in [2.05, 4.69) is 38.7 Å². The summed E-state index contributed by atoms with van der Waals surface area (Å²) in [5, 5.41) is 7.54. The van der Waals surface area contributed by atoms with Crippen LogP contribution in [0.5, 0.6) is 5.75 Å². The fraction of sp³-hybridized carbons (Fsp3) is 0.381. The quantitative estimate of drug-likeness (QED) is 0.589. The van der Waals surface area contributed by atoms with Gasteiger partial charge in [-0.3, -0.25) is 4.99 Å². The Morgan fingerprint density at radius 1 is 1.22 bits per heavy atom. The molecule has 2 N–H and O–H groups in total. The van der Waals surface area contributed by atoms with Crippen molar-refractivity contribution in [2.24, 2.45) is 10.9 Å². The molecule has 6 heteroatoms. The fourth-order valence-corrected chi connectivity index (χ4v) is 3.55. The topological polar surface area (TPSA) is 48.9 Å². The number of benzene rings is 2. The van der Waals surface area contributed by atoms with E-state index in [1.807, 2.05) is 30.3 Å². The highest BCUT2D eigenvalue weighted by Gasteiger charge is 2.23. The van der Waals surface area contributed by atoms with Crippen LogP contribution >= 0.6 is 11.6 Å². The van der Waals surface area contributed by atoms with Gasteiger partial charge in [0.1, 0.15) is 5.75 Å². The Morgan fingerprint density at radius 3 is 2.85 bits per heavy atom. The van der Waals surface area contributed by atoms with Gasteiger partial charge in [-0.05, 0) is 42.2 Å². The van der Waals surface area contributed by atoms with Crippen molar-refractivity contribution in [2.75, 3.05) is 38.7 Å². The maximum atomic E-state index is 6.04. The van der Waals surface area contributed by atoms with Crippen molar-refractivity contribution >= 4 is 23.2 Å². The predicted molar refractivity (Wildman–Crippen MR) is 113 cm³/mol. The van der Waals surface area contributed by atoms with Crippen molar-refractivity contribution in [3.8, 4) is 5.75 Å². The molecule has 0 aliphatic carbocycles. The van der Waals surface area contributed by atoms with Gasteiger partial charge in [0.2, 0.25) is 0 Å². The lowest BCUT2D eigenvalue weighted by atomic mass is 10.1. The molecule has 0 radical (unpaired) electrons. The maximum absolute atomic E-state index is 6.04. The van der Waals surface area contributed by atoms with Gasteiger partial charge in [-0.2, -0.15) is 0 Å². The van der Waals surface area contributed by atoms with E-state index in [-0.39, 0.29) is 0 Å². The van der Waals surface area contributed by atoms with Crippen molar-refractivity contribution < 1.29 is 4.74 Å². The molecular formula is C21H27ClN4O. The molecule has 1 atom stereocenters. The molecule has 3 rings (SSSR count). The summed E-state index contributed by atoms with van der Waals surface area (Å²) < 4.78 is 5.33. The fourth-order valence-electron chi connectivity index (χ4n) is 3.34. The van der Waals surface area contributed by atoms with Gasteiger partial charge >= 0.3 is 0 Å². The number of aliphatic imine (C=N–C) groups is 1. The molecule has 5 nitrogen and oxygen atoms in total. The minimum atomic E-state index is 0.584. The maximum Gasteiger partial charge on any atom is 0.191 e. The zero-order chi connectivity index (χ0) is 19.1. The van der Waals surface area contributed by atoms with Crippen LogP contribution < -0.4 is 20.3 Å². The van der Waals surface area contributed by atoms with Crippen molar-refractivity contribution in [1.82, 2.24) is 10.6 Å². The van der Waals surface area contributed by atoms with Crippen LogP contribution in [-0.4, -0.2) is 39.8 Å². The zero-order valence-corrected chi connectivity index (χ0v) is 16.7. The van der Waals surface area contributed by atoms with Gasteiger partial charge in [0.25, 0.3) is 0 Å². The Bertz CT molecular complexity index is 780. The number of hydrogen-bond donors (Lipinski definition) is 2. The van der Waals surface area contributed by atoms with E-state index in [9.17, 15) is 0 Å². The molecule has 1 aliphatic rings. The molecule has 0 amide bonds. The van der Waals surface area contributed by atoms with Gasteiger partial charge in [0.05, 0.1) is 7.11 Å². The van der Waals surface area contributed by atoms with Crippen molar-refractivity contribution in [3.63, 3.8) is 0 Å². The number of anilines is 1. The van der Waals surface area contributed by atoms with Gasteiger partial charge in [0.15, 0.2) is 5.96 Å². The number of rotatable bonds is 6. The van der Waals surface area contributed by atoms with Crippen molar-refractivity contribution in [3.05, 3.63) is 59.1 Å². The Kier molecular flexibility index (Phi) is 6.82. The van der Waals surface area contributed by atoms with Crippen LogP contribution in [0, 0.1) is 5.92 Å². The number of nitrogens with zero attached hydrogens (tertiary/aromatic N) is 2. The summed E-state index contributed by atoms with van der Waals surface area (Å²) in [6, 6.07) is 16.1. The van der Waals surface area contributed by atoms with E-state index in [1.165, 1.54) is 5.69 Å². The molecule has 0 aromatic heterocycles. The van der Waals surface area contributed by atoms with Crippen LogP contribution in [0.25, 0.3) is 0 Å². The van der Waals surface area contributed by atoms with Gasteiger partial charge in [-0.15, -0.1) is 0 Å². The summed E-state index contributed by atoms with van der Waals surface area (Å²) >= 11 is 6.04. The smallest absolute Gasteiger partial charge is 0.191 e. The largest absolute Gasteiger partial charge is 0.497 e. The average molecular weight is 387 g/mol. The third-order valence-corrected chi connectivity index (χ3v) is 5.07. The first-order chi connectivity index (χ1) is 13.2. The highest BCUT2D eigenvalue weighted by atomic mass is 35.5. The molecule has 1 saturated heterocycles. The number of halogens is 1. The van der Waals surface area contributed by atoms with Crippen LogP contribution in [0.3, 0.4) is 0 Å². The second kappa shape index (κ2) is 9.51. The molecule has 1 fully saturated rings. The summed E-state index contributed by atoms with van der Waals surface area (Å²) in [4.78, 5) is 6.73. The Labute approximate surface area is 166 Å². The van der Waals surface area contributed by atoms with Gasteiger partial charge in [-0.1, -0.05) is 29.8 Å². The molecule has 2 aromatic carbocycles. The van der Waals surface area contributed by atoms with Crippen LogP contribution in [0.2, 0.25) is 5.02 Å². The molecule has 2 aromatic rings. The van der Waals surface area contributed by atoms with Crippen molar-refractivity contribution in [2.45, 2.75) is 13.0 Å². The van der Waals surface area contributed by atoms with E-state index < -0.39 is 0 Å². The molecule has 1 unspecified atom stereocenters. The Morgan fingerprint density at radius 2 is 2.07 bits per heavy atom. The molecule has 0 spiro atoms. The third-order valence-electron chi connectivity index (χ3n) is 4.84. The van der Waals surface area contributed by atoms with Gasteiger partial charge < -0.3 is 20.3 Å². The van der Waals surface area contributed by atoms with E-state index in [4.69, 9.17) is 16.3 Å². The molecule has 1 heterocycles. The first kappa shape index (κ1) is 19.4. The molecular weight excluding hydrogens is 360 g/mol. The standard InChI is InChI=1S/C21H27ClN4O/c1-23-21(24-13-16-5-3-6-18(22)11-16)25-14-17-9-10-26(15-17)19-7-4-8-20(12-19)27-2/h3-8,11-12,17H,9-10,13-15H2,1-2H3,(H2,23,24,25). The number of nitrogens with one attached hydrogen (secondary N) is 2. The minimum Gasteiger partial charge on any atom is -0.497 e. The highest BCUT2D eigenvalue weighted by Crippen LogP contribution is 2.26. The zero-order valence-electron chi connectivity index (χ0n) is 15.9. The summed E-state index contributed by atoms with van der Waals surface area (Å²) in [5.74, 6) is 2.30. The van der Waals surface area contributed by atoms with Crippen LogP contribution in [0.4, 0.5) is 5.69 Å². The number of guanidine groups is 1. The monoisotopic (exact) mass is 386 g/mol. The lowest BCUT2D eigenvalue weighted by molar-refractivity contribution is 0.415. The minimum absolute atomic E-state index is 0.584. The second-order valence-electron chi connectivity index (χ2n) is 6.74. The normalized spacial score (nSPS) is 17.1. The first-order valence-electron chi connectivity index (χ1n) is 9.26. The highest BCUT2D eigenvalue weighted by molar-refractivity contribution is 6.30. The van der Waals surface area contributed by atoms with Crippen LogP contribution in [-0.2, 0) is 6.54 Å². The van der Waals surface area contributed by atoms with Crippen LogP contribution in [0.1, 0.15) is 12.0 Å². The molecule has 1 aliphatic heterocycles. The lowest BCUT2D eigenvalue weighted by Gasteiger charge is -2.20. The lowest BCUT2D eigenvalue weighted by Crippen LogP contribution is -2.39. The first-order valence-corrected chi connectivity index (χ1v) is 9.63. The Hall–Kier alpha value is -2.40. The van der Waals surface area contributed by atoms with E-state index >= 15 is 0 Å². The summed E-state index contributed by atoms with van der Waals surface area (Å²) in [6.07, 6.45) is 1.16. The molecule has 0 bridgehead atoms. The van der Waals surface area contributed by atoms with Gasteiger partial charge in [-0.25, -0.2) is 0 Å². The van der Waals surface area contributed by atoms with Gasteiger partial charge in [0, 0.05) is 50.0 Å². The van der Waals surface area contributed by atoms with Crippen LogP contribution in [0.15, 0.2) is 53.5 Å². The number of hydrogen-bond acceptors (Lipinski definition) is 3. The van der Waals surface area contributed by atoms with E-state index in [0.29, 0.717) is 12.5 Å². The Balaban J connectivity index is 1.46. The second-order valence-corrected chi connectivity index (χ2v) is 7.18. The summed E-state index contributed by atoms with van der Waals surface area (Å²) in [6.45, 7) is 3.69. The van der Waals surface area contributed by atoms with E-state index in [1.54, 1.807) is 14.2 Å². The SMILES string of the molecule is CN=C(NCc1cccc(Cl)c1)NCC1CCN(c2cccc(OC)c2)C1. The summed E-state index contributed by atoms with van der Waals surface area (Å²) in [7, 11) is 3.50. The number of ether oxygens (including phenoxy) is 1. The third kappa shape index (κ3) is 5.54. The average Bonchev–Trinajstić information content (AvgIpc) is 3.17. The molecule has 144 valence electrons. The van der Waals surface area contributed by atoms with Crippen molar-refractivity contribution in [1.29, 1.82) is 0 Å².